The molecule has 0 bridgehead atoms. The summed E-state index contributed by atoms with van der Waals surface area (Å²) in [4.78, 5) is 36.5. The molecule has 0 aromatic heterocycles. The third-order valence-corrected chi connectivity index (χ3v) is 4.14. The lowest BCUT2D eigenvalue weighted by Crippen LogP contribution is -2.42. The SMILES string of the molecule is CC(=O)N[C@H](CC(=O)N1CCC[C@@H]1C(=O)O)c1ccc(Cl)cc1. The van der Waals surface area contributed by atoms with Gasteiger partial charge in [-0.2, -0.15) is 0 Å². The average Bonchev–Trinajstić information content (AvgIpc) is 2.96. The molecule has 6 nitrogen and oxygen atoms in total. The number of aliphatic carboxylic acids is 1. The number of carboxylic acids is 1. The fourth-order valence-electron chi connectivity index (χ4n) is 2.81. The molecule has 2 amide bonds. The van der Waals surface area contributed by atoms with Crippen LogP contribution in [0.1, 0.15) is 37.8 Å². The van der Waals surface area contributed by atoms with E-state index < -0.39 is 18.1 Å². The van der Waals surface area contributed by atoms with E-state index in [4.69, 9.17) is 11.6 Å². The maximum atomic E-state index is 12.5. The van der Waals surface area contributed by atoms with Crippen LogP contribution in [0.5, 0.6) is 0 Å². The van der Waals surface area contributed by atoms with Crippen molar-refractivity contribution in [2.45, 2.75) is 38.3 Å². The molecule has 1 saturated heterocycles. The maximum absolute atomic E-state index is 12.5. The summed E-state index contributed by atoms with van der Waals surface area (Å²) >= 11 is 5.86. The third kappa shape index (κ3) is 4.45. The highest BCUT2D eigenvalue weighted by Crippen LogP contribution is 2.24. The zero-order valence-electron chi connectivity index (χ0n) is 12.8. The summed E-state index contributed by atoms with van der Waals surface area (Å²) in [5, 5.41) is 12.5. The topological polar surface area (TPSA) is 86.7 Å². The molecular weight excluding hydrogens is 320 g/mol. The predicted octanol–water partition coefficient (Wildman–Crippen LogP) is 1.98. The van der Waals surface area contributed by atoms with Gasteiger partial charge in [0.05, 0.1) is 12.5 Å². The van der Waals surface area contributed by atoms with Gasteiger partial charge in [0.1, 0.15) is 6.04 Å². The van der Waals surface area contributed by atoms with E-state index in [9.17, 15) is 19.5 Å². The van der Waals surface area contributed by atoms with Crippen LogP contribution in [-0.2, 0) is 14.4 Å². The normalized spacial score (nSPS) is 18.5. The second kappa shape index (κ2) is 7.46. The Kier molecular flexibility index (Phi) is 5.60. The number of rotatable bonds is 5. The maximum Gasteiger partial charge on any atom is 0.326 e. The zero-order valence-corrected chi connectivity index (χ0v) is 13.5. The van der Waals surface area contributed by atoms with Crippen LogP contribution in [0.25, 0.3) is 0 Å². The van der Waals surface area contributed by atoms with Gasteiger partial charge in [-0.15, -0.1) is 0 Å². The zero-order chi connectivity index (χ0) is 17.0. The lowest BCUT2D eigenvalue weighted by Gasteiger charge is -2.25. The van der Waals surface area contributed by atoms with Crippen molar-refractivity contribution < 1.29 is 19.5 Å². The van der Waals surface area contributed by atoms with Crippen LogP contribution in [-0.4, -0.2) is 40.4 Å². The number of carbonyl (C=O) groups is 3. The first kappa shape index (κ1) is 17.3. The van der Waals surface area contributed by atoms with Crippen molar-refractivity contribution in [2.75, 3.05) is 6.54 Å². The molecule has 1 heterocycles. The van der Waals surface area contributed by atoms with Crippen molar-refractivity contribution in [3.63, 3.8) is 0 Å². The number of hydrogen-bond donors (Lipinski definition) is 2. The second-order valence-corrected chi connectivity index (χ2v) is 6.03. The lowest BCUT2D eigenvalue weighted by atomic mass is 10.0. The first-order chi connectivity index (χ1) is 10.9. The first-order valence-corrected chi connectivity index (χ1v) is 7.81. The van der Waals surface area contributed by atoms with E-state index in [1.165, 1.54) is 11.8 Å². The van der Waals surface area contributed by atoms with Gasteiger partial charge in [0.25, 0.3) is 0 Å². The molecule has 2 rings (SSSR count). The fraction of sp³-hybridized carbons (Fsp3) is 0.438. The Bertz CT molecular complexity index is 603. The van der Waals surface area contributed by atoms with E-state index in [0.717, 1.165) is 5.56 Å². The molecule has 1 aromatic carbocycles. The molecule has 1 aromatic rings. The molecule has 0 spiro atoms. The molecule has 2 atom stereocenters. The monoisotopic (exact) mass is 338 g/mol. The highest BCUT2D eigenvalue weighted by Gasteiger charge is 2.34. The largest absolute Gasteiger partial charge is 0.480 e. The Balaban J connectivity index is 2.14. The summed E-state index contributed by atoms with van der Waals surface area (Å²) in [7, 11) is 0. The lowest BCUT2D eigenvalue weighted by molar-refractivity contribution is -0.148. The molecule has 124 valence electrons. The van der Waals surface area contributed by atoms with Gasteiger partial charge in [0, 0.05) is 18.5 Å². The Labute approximate surface area is 139 Å². The molecular formula is C16H19ClN2O4. The molecule has 1 aliphatic heterocycles. The van der Waals surface area contributed by atoms with Crippen LogP contribution in [0, 0.1) is 0 Å². The predicted molar refractivity (Wildman–Crippen MR) is 85.0 cm³/mol. The van der Waals surface area contributed by atoms with E-state index in [1.807, 2.05) is 0 Å². The summed E-state index contributed by atoms with van der Waals surface area (Å²) in [6.07, 6.45) is 1.16. The Morgan fingerprint density at radius 1 is 1.35 bits per heavy atom. The molecule has 0 aliphatic carbocycles. The number of halogens is 1. The van der Waals surface area contributed by atoms with Gasteiger partial charge in [-0.25, -0.2) is 4.79 Å². The van der Waals surface area contributed by atoms with Crippen LogP contribution in [0.4, 0.5) is 0 Å². The van der Waals surface area contributed by atoms with E-state index in [0.29, 0.717) is 24.4 Å². The number of likely N-dealkylation sites (tertiary alicyclic amines) is 1. The van der Waals surface area contributed by atoms with Crippen molar-refractivity contribution in [3.8, 4) is 0 Å². The number of carbonyl (C=O) groups excluding carboxylic acids is 2. The van der Waals surface area contributed by atoms with Crippen LogP contribution in [0.15, 0.2) is 24.3 Å². The van der Waals surface area contributed by atoms with Crippen LogP contribution < -0.4 is 5.32 Å². The molecule has 23 heavy (non-hydrogen) atoms. The minimum atomic E-state index is -0.988. The number of hydrogen-bond acceptors (Lipinski definition) is 3. The third-order valence-electron chi connectivity index (χ3n) is 3.89. The minimum absolute atomic E-state index is 0.0188. The molecule has 0 saturated carbocycles. The molecule has 2 N–H and O–H groups in total. The van der Waals surface area contributed by atoms with Crippen molar-refractivity contribution in [3.05, 3.63) is 34.9 Å². The Hall–Kier alpha value is -2.08. The van der Waals surface area contributed by atoms with Gasteiger partial charge in [-0.05, 0) is 30.5 Å². The van der Waals surface area contributed by atoms with Gasteiger partial charge in [-0.3, -0.25) is 9.59 Å². The Morgan fingerprint density at radius 3 is 2.57 bits per heavy atom. The minimum Gasteiger partial charge on any atom is -0.480 e. The molecule has 1 fully saturated rings. The van der Waals surface area contributed by atoms with Crippen LogP contribution in [0.2, 0.25) is 5.02 Å². The van der Waals surface area contributed by atoms with Gasteiger partial charge >= 0.3 is 5.97 Å². The van der Waals surface area contributed by atoms with Crippen LogP contribution in [0.3, 0.4) is 0 Å². The van der Waals surface area contributed by atoms with Crippen LogP contribution >= 0.6 is 11.6 Å². The Morgan fingerprint density at radius 2 is 2.00 bits per heavy atom. The second-order valence-electron chi connectivity index (χ2n) is 5.59. The fourth-order valence-corrected chi connectivity index (χ4v) is 2.93. The number of carboxylic acid groups (broad SMARTS) is 1. The number of amides is 2. The van der Waals surface area contributed by atoms with Crippen molar-refractivity contribution in [2.24, 2.45) is 0 Å². The summed E-state index contributed by atoms with van der Waals surface area (Å²) in [6.45, 7) is 1.81. The molecule has 0 radical (unpaired) electrons. The van der Waals surface area contributed by atoms with Gasteiger partial charge in [0.2, 0.25) is 11.8 Å². The summed E-state index contributed by atoms with van der Waals surface area (Å²) in [6, 6.07) is 5.58. The van der Waals surface area contributed by atoms with Crippen molar-refractivity contribution in [1.82, 2.24) is 10.2 Å². The first-order valence-electron chi connectivity index (χ1n) is 7.43. The van der Waals surface area contributed by atoms with Gasteiger partial charge < -0.3 is 15.3 Å². The molecule has 7 heteroatoms. The quantitative estimate of drug-likeness (QED) is 0.859. The highest BCUT2D eigenvalue weighted by molar-refractivity contribution is 6.30. The number of nitrogens with one attached hydrogen (secondary N) is 1. The number of nitrogens with zero attached hydrogens (tertiary/aromatic N) is 1. The standard InChI is InChI=1S/C16H19ClN2O4/c1-10(20)18-13(11-4-6-12(17)7-5-11)9-15(21)19-8-2-3-14(19)16(22)23/h4-7,13-14H,2-3,8-9H2,1H3,(H,18,20)(H,22,23)/t13-,14-/m1/s1. The average molecular weight is 339 g/mol. The van der Waals surface area contributed by atoms with Gasteiger partial charge in [0.15, 0.2) is 0 Å². The molecule has 1 aliphatic rings. The van der Waals surface area contributed by atoms with Crippen molar-refractivity contribution in [1.29, 1.82) is 0 Å². The summed E-state index contributed by atoms with van der Waals surface area (Å²) < 4.78 is 0. The van der Waals surface area contributed by atoms with E-state index in [2.05, 4.69) is 5.32 Å². The summed E-state index contributed by atoms with van der Waals surface area (Å²) in [5.74, 6) is -1.52. The van der Waals surface area contributed by atoms with E-state index in [-0.39, 0.29) is 18.2 Å². The number of benzene rings is 1. The smallest absolute Gasteiger partial charge is 0.326 e. The van der Waals surface area contributed by atoms with Gasteiger partial charge in [-0.1, -0.05) is 23.7 Å². The van der Waals surface area contributed by atoms with Crippen molar-refractivity contribution >= 4 is 29.4 Å². The molecule has 0 unspecified atom stereocenters. The van der Waals surface area contributed by atoms with E-state index >= 15 is 0 Å². The summed E-state index contributed by atoms with van der Waals surface area (Å²) in [5.41, 5.74) is 0.754. The van der Waals surface area contributed by atoms with E-state index in [1.54, 1.807) is 24.3 Å². The highest BCUT2D eigenvalue weighted by atomic mass is 35.5.